The minimum absolute atomic E-state index is 0.0447. The summed E-state index contributed by atoms with van der Waals surface area (Å²) in [6.45, 7) is 4.01. The van der Waals surface area contributed by atoms with Crippen LogP contribution in [0.3, 0.4) is 0 Å². The highest BCUT2D eigenvalue weighted by atomic mass is 16.8. The van der Waals surface area contributed by atoms with Crippen LogP contribution in [0, 0.1) is 0 Å². The zero-order valence-corrected chi connectivity index (χ0v) is 12.8. The molecule has 122 valence electrons. The fourth-order valence-electron chi connectivity index (χ4n) is 2.76. The molecule has 0 bridgehead atoms. The van der Waals surface area contributed by atoms with Crippen LogP contribution < -0.4 is 0 Å². The molecule has 3 rings (SSSR count). The van der Waals surface area contributed by atoms with Crippen molar-refractivity contribution in [3.8, 4) is 0 Å². The van der Waals surface area contributed by atoms with E-state index in [1.165, 1.54) is 0 Å². The molecule has 2 N–H and O–H groups in total. The lowest BCUT2D eigenvalue weighted by Crippen LogP contribution is -2.58. The van der Waals surface area contributed by atoms with Crippen LogP contribution in [0.5, 0.6) is 0 Å². The summed E-state index contributed by atoms with van der Waals surface area (Å²) in [7, 11) is 0. The van der Waals surface area contributed by atoms with Crippen LogP contribution in [0.1, 0.15) is 19.4 Å². The lowest BCUT2D eigenvalue weighted by Gasteiger charge is -2.42. The number of fused-ring (bicyclic) bond motifs is 1. The van der Waals surface area contributed by atoms with Crippen LogP contribution >= 0.6 is 0 Å². The molecule has 0 saturated carbocycles. The number of ether oxygens (including phenoxy) is 4. The summed E-state index contributed by atoms with van der Waals surface area (Å²) in [5.41, 5.74) is 1.03. The van der Waals surface area contributed by atoms with Gasteiger partial charge in [0.15, 0.2) is 5.79 Å². The lowest BCUT2D eigenvalue weighted by molar-refractivity contribution is -0.379. The molecule has 0 unspecified atom stereocenters. The van der Waals surface area contributed by atoms with Crippen molar-refractivity contribution in [2.45, 2.75) is 50.3 Å². The Hall–Kier alpha value is -1.02. The molecule has 4 atom stereocenters. The summed E-state index contributed by atoms with van der Waals surface area (Å²) in [6.07, 6.45) is -2.47. The van der Waals surface area contributed by atoms with E-state index >= 15 is 0 Å². The molecule has 2 heterocycles. The zero-order valence-electron chi connectivity index (χ0n) is 12.8. The molecule has 6 nitrogen and oxygen atoms in total. The number of hydrogen-bond acceptors (Lipinski definition) is 6. The van der Waals surface area contributed by atoms with Gasteiger partial charge in [0.1, 0.15) is 24.9 Å². The van der Waals surface area contributed by atoms with Gasteiger partial charge in [0.2, 0.25) is 5.79 Å². The molecule has 2 aliphatic rings. The minimum Gasteiger partial charge on any atom is -0.387 e. The normalized spacial score (nSPS) is 37.0. The van der Waals surface area contributed by atoms with Crippen LogP contribution in [-0.4, -0.2) is 53.3 Å². The summed E-state index contributed by atoms with van der Waals surface area (Å²) >= 11 is 0. The molecular formula is C16H22O6. The largest absolute Gasteiger partial charge is 0.387 e. The minimum atomic E-state index is -1.63. The van der Waals surface area contributed by atoms with Gasteiger partial charge in [-0.25, -0.2) is 0 Å². The predicted octanol–water partition coefficient (Wildman–Crippen LogP) is 0.803. The molecule has 1 aromatic rings. The highest BCUT2D eigenvalue weighted by molar-refractivity contribution is 5.13. The average molecular weight is 310 g/mol. The van der Waals surface area contributed by atoms with E-state index in [1.807, 2.05) is 30.3 Å². The lowest BCUT2D eigenvalue weighted by atomic mass is 10.0. The Bertz CT molecular complexity index is 505. The van der Waals surface area contributed by atoms with Gasteiger partial charge in [-0.15, -0.1) is 0 Å². The van der Waals surface area contributed by atoms with E-state index in [4.69, 9.17) is 18.9 Å². The van der Waals surface area contributed by atoms with Crippen molar-refractivity contribution in [3.05, 3.63) is 35.9 Å². The van der Waals surface area contributed by atoms with Crippen LogP contribution in [0.4, 0.5) is 0 Å². The van der Waals surface area contributed by atoms with Crippen molar-refractivity contribution < 1.29 is 29.2 Å². The van der Waals surface area contributed by atoms with Crippen molar-refractivity contribution in [3.63, 3.8) is 0 Å². The fourth-order valence-corrected chi connectivity index (χ4v) is 2.76. The maximum absolute atomic E-state index is 10.4. The van der Waals surface area contributed by atoms with Gasteiger partial charge in [0.25, 0.3) is 0 Å². The summed E-state index contributed by atoms with van der Waals surface area (Å²) in [4.78, 5) is 0. The van der Waals surface area contributed by atoms with Crippen LogP contribution in [0.15, 0.2) is 30.3 Å². The first-order valence-corrected chi connectivity index (χ1v) is 7.41. The van der Waals surface area contributed by atoms with E-state index in [-0.39, 0.29) is 13.2 Å². The molecule has 0 radical (unpaired) electrons. The van der Waals surface area contributed by atoms with E-state index in [1.54, 1.807) is 13.8 Å². The van der Waals surface area contributed by atoms with Gasteiger partial charge in [-0.05, 0) is 19.4 Å². The van der Waals surface area contributed by atoms with Gasteiger partial charge in [-0.1, -0.05) is 30.3 Å². The first-order valence-electron chi connectivity index (χ1n) is 7.41. The smallest absolute Gasteiger partial charge is 0.219 e. The summed E-state index contributed by atoms with van der Waals surface area (Å²) < 4.78 is 22.1. The Balaban J connectivity index is 1.57. The van der Waals surface area contributed by atoms with E-state index in [0.717, 1.165) is 5.56 Å². The Kier molecular flexibility index (Phi) is 4.24. The van der Waals surface area contributed by atoms with Gasteiger partial charge < -0.3 is 29.2 Å². The third kappa shape index (κ3) is 3.17. The summed E-state index contributed by atoms with van der Waals surface area (Å²) in [5.74, 6) is -2.49. The molecule has 0 aliphatic carbocycles. The molecule has 2 aliphatic heterocycles. The first kappa shape index (κ1) is 15.9. The van der Waals surface area contributed by atoms with Crippen molar-refractivity contribution in [1.82, 2.24) is 0 Å². The Morgan fingerprint density at radius 1 is 1.23 bits per heavy atom. The van der Waals surface area contributed by atoms with Gasteiger partial charge in [0, 0.05) is 0 Å². The third-order valence-electron chi connectivity index (χ3n) is 3.92. The van der Waals surface area contributed by atoms with Crippen molar-refractivity contribution in [2.24, 2.45) is 0 Å². The molecule has 0 spiro atoms. The van der Waals surface area contributed by atoms with Gasteiger partial charge in [-0.2, -0.15) is 0 Å². The molecule has 6 heteroatoms. The van der Waals surface area contributed by atoms with E-state index in [9.17, 15) is 10.2 Å². The number of rotatable bonds is 4. The first-order chi connectivity index (χ1) is 10.4. The average Bonchev–Trinajstić information content (AvgIpc) is 2.72. The Labute approximate surface area is 129 Å². The second-order valence-corrected chi connectivity index (χ2v) is 6.22. The SMILES string of the molecule is CC1(C)OC[C@]2(O)O[C@@H](COCc3ccccc3)[C@H](O)[C@@H]2O1. The number of hydrogen-bond donors (Lipinski definition) is 2. The molecule has 0 aromatic heterocycles. The molecule has 2 fully saturated rings. The van der Waals surface area contributed by atoms with Gasteiger partial charge >= 0.3 is 0 Å². The third-order valence-corrected chi connectivity index (χ3v) is 3.92. The maximum atomic E-state index is 10.4. The Morgan fingerprint density at radius 3 is 2.68 bits per heavy atom. The van der Waals surface area contributed by atoms with E-state index in [0.29, 0.717) is 6.61 Å². The maximum Gasteiger partial charge on any atom is 0.219 e. The highest BCUT2D eigenvalue weighted by Crippen LogP contribution is 2.39. The van der Waals surface area contributed by atoms with E-state index in [2.05, 4.69) is 0 Å². The Morgan fingerprint density at radius 2 is 1.95 bits per heavy atom. The van der Waals surface area contributed by atoms with Crippen molar-refractivity contribution >= 4 is 0 Å². The molecule has 2 saturated heterocycles. The standard InChI is InChI=1S/C16H22O6/c1-15(2)20-10-16(18)14(22-15)13(17)12(21-16)9-19-8-11-6-4-3-5-7-11/h3-7,12-14,17-18H,8-10H2,1-2H3/t12-,13-,14-,16-/m0/s1. The monoisotopic (exact) mass is 310 g/mol. The predicted molar refractivity (Wildman–Crippen MR) is 76.8 cm³/mol. The van der Waals surface area contributed by atoms with E-state index < -0.39 is 29.9 Å². The highest BCUT2D eigenvalue weighted by Gasteiger charge is 2.59. The quantitative estimate of drug-likeness (QED) is 0.857. The molecule has 0 amide bonds. The van der Waals surface area contributed by atoms with Crippen LogP contribution in [-0.2, 0) is 25.6 Å². The van der Waals surface area contributed by atoms with Crippen LogP contribution in [0.25, 0.3) is 0 Å². The van der Waals surface area contributed by atoms with Gasteiger partial charge in [0.05, 0.1) is 13.2 Å². The summed E-state index contributed by atoms with van der Waals surface area (Å²) in [5, 5.41) is 20.7. The number of aliphatic hydroxyl groups is 2. The van der Waals surface area contributed by atoms with Crippen LogP contribution in [0.2, 0.25) is 0 Å². The number of benzene rings is 1. The van der Waals surface area contributed by atoms with Crippen molar-refractivity contribution in [1.29, 1.82) is 0 Å². The molecular weight excluding hydrogens is 288 g/mol. The molecule has 1 aromatic carbocycles. The molecule has 22 heavy (non-hydrogen) atoms. The number of aliphatic hydroxyl groups excluding tert-OH is 1. The van der Waals surface area contributed by atoms with Gasteiger partial charge in [-0.3, -0.25) is 0 Å². The topological polar surface area (TPSA) is 77.4 Å². The summed E-state index contributed by atoms with van der Waals surface area (Å²) in [6, 6.07) is 9.72. The fraction of sp³-hybridized carbons (Fsp3) is 0.625. The zero-order chi connectivity index (χ0) is 15.8. The second kappa shape index (κ2) is 5.88. The second-order valence-electron chi connectivity index (χ2n) is 6.22. The van der Waals surface area contributed by atoms with Crippen molar-refractivity contribution in [2.75, 3.05) is 13.2 Å².